The molecule has 0 saturated carbocycles. The molecule has 2 aromatic rings. The Hall–Kier alpha value is -1.94. The van der Waals surface area contributed by atoms with Gasteiger partial charge >= 0.3 is 0 Å². The second-order valence-corrected chi connectivity index (χ2v) is 4.42. The van der Waals surface area contributed by atoms with Gasteiger partial charge in [-0.3, -0.25) is 0 Å². The van der Waals surface area contributed by atoms with Crippen LogP contribution in [-0.4, -0.2) is 21.7 Å². The van der Waals surface area contributed by atoms with Gasteiger partial charge in [0.15, 0.2) is 0 Å². The molecule has 3 rings (SSSR count). The standard InChI is InChI=1S/C14H14N2O2/c1-9-6-15-14(16-12(9)7-17)11-8-18-13-5-3-2-4-10(11)13/h2-6,11,17H,7-8H2,1H3. The highest BCUT2D eigenvalue weighted by atomic mass is 16.5. The van der Waals surface area contributed by atoms with Crippen LogP contribution in [0.5, 0.6) is 5.75 Å². The van der Waals surface area contributed by atoms with E-state index < -0.39 is 0 Å². The largest absolute Gasteiger partial charge is 0.492 e. The fraction of sp³-hybridized carbons (Fsp3) is 0.286. The molecular formula is C14H14N2O2. The van der Waals surface area contributed by atoms with Crippen LogP contribution >= 0.6 is 0 Å². The highest BCUT2D eigenvalue weighted by Crippen LogP contribution is 2.36. The van der Waals surface area contributed by atoms with Crippen LogP contribution in [-0.2, 0) is 6.61 Å². The number of hydrogen-bond donors (Lipinski definition) is 1. The van der Waals surface area contributed by atoms with Crippen molar-refractivity contribution in [1.82, 2.24) is 9.97 Å². The number of aromatic nitrogens is 2. The molecule has 0 amide bonds. The number of aryl methyl sites for hydroxylation is 1. The lowest BCUT2D eigenvalue weighted by molar-refractivity contribution is 0.274. The lowest BCUT2D eigenvalue weighted by atomic mass is 10.0. The van der Waals surface area contributed by atoms with Crippen molar-refractivity contribution < 1.29 is 9.84 Å². The molecule has 0 radical (unpaired) electrons. The molecular weight excluding hydrogens is 228 g/mol. The van der Waals surface area contributed by atoms with E-state index in [0.29, 0.717) is 12.3 Å². The number of aliphatic hydroxyl groups is 1. The first-order valence-corrected chi connectivity index (χ1v) is 5.94. The molecule has 1 N–H and O–H groups in total. The summed E-state index contributed by atoms with van der Waals surface area (Å²) in [5, 5.41) is 9.26. The minimum atomic E-state index is -0.0590. The Morgan fingerprint density at radius 2 is 2.22 bits per heavy atom. The zero-order valence-electron chi connectivity index (χ0n) is 10.1. The highest BCUT2D eigenvalue weighted by Gasteiger charge is 2.27. The number of para-hydroxylation sites is 1. The quantitative estimate of drug-likeness (QED) is 0.872. The summed E-state index contributed by atoms with van der Waals surface area (Å²) in [7, 11) is 0. The number of rotatable bonds is 2. The Morgan fingerprint density at radius 1 is 1.39 bits per heavy atom. The second kappa shape index (κ2) is 4.38. The van der Waals surface area contributed by atoms with Crippen molar-refractivity contribution in [3.8, 4) is 5.75 Å². The van der Waals surface area contributed by atoms with E-state index in [9.17, 15) is 5.11 Å². The summed E-state index contributed by atoms with van der Waals surface area (Å²) < 4.78 is 5.63. The number of nitrogens with zero attached hydrogens (tertiary/aromatic N) is 2. The molecule has 1 aliphatic heterocycles. The average molecular weight is 242 g/mol. The van der Waals surface area contributed by atoms with E-state index in [2.05, 4.69) is 9.97 Å². The van der Waals surface area contributed by atoms with Crippen LogP contribution in [0.25, 0.3) is 0 Å². The molecule has 1 unspecified atom stereocenters. The second-order valence-electron chi connectivity index (χ2n) is 4.42. The van der Waals surface area contributed by atoms with E-state index in [1.165, 1.54) is 0 Å². The van der Waals surface area contributed by atoms with Crippen LogP contribution in [0, 0.1) is 6.92 Å². The zero-order chi connectivity index (χ0) is 12.5. The molecule has 92 valence electrons. The molecule has 2 heterocycles. The number of hydrogen-bond acceptors (Lipinski definition) is 4. The fourth-order valence-electron chi connectivity index (χ4n) is 2.20. The van der Waals surface area contributed by atoms with Gasteiger partial charge in [-0.25, -0.2) is 9.97 Å². The fourth-order valence-corrected chi connectivity index (χ4v) is 2.20. The first-order chi connectivity index (χ1) is 8.79. The Kier molecular flexibility index (Phi) is 2.72. The third-order valence-electron chi connectivity index (χ3n) is 3.26. The minimum absolute atomic E-state index is 0.0590. The molecule has 0 fully saturated rings. The Morgan fingerprint density at radius 3 is 3.06 bits per heavy atom. The Balaban J connectivity index is 2.02. The van der Waals surface area contributed by atoms with Crippen LogP contribution in [0.2, 0.25) is 0 Å². The summed E-state index contributed by atoms with van der Waals surface area (Å²) in [4.78, 5) is 8.80. The van der Waals surface area contributed by atoms with Gasteiger partial charge < -0.3 is 9.84 Å². The van der Waals surface area contributed by atoms with E-state index in [0.717, 1.165) is 22.7 Å². The van der Waals surface area contributed by atoms with Crippen LogP contribution < -0.4 is 4.74 Å². The average Bonchev–Trinajstić information content (AvgIpc) is 2.83. The van der Waals surface area contributed by atoms with Gasteiger partial charge in [-0.05, 0) is 18.6 Å². The molecule has 4 heteroatoms. The molecule has 4 nitrogen and oxygen atoms in total. The van der Waals surface area contributed by atoms with Crippen molar-refractivity contribution in [1.29, 1.82) is 0 Å². The highest BCUT2D eigenvalue weighted by molar-refractivity contribution is 5.42. The van der Waals surface area contributed by atoms with Gasteiger partial charge in [-0.1, -0.05) is 18.2 Å². The van der Waals surface area contributed by atoms with Gasteiger partial charge in [0.25, 0.3) is 0 Å². The van der Waals surface area contributed by atoms with E-state index in [4.69, 9.17) is 4.74 Å². The lowest BCUT2D eigenvalue weighted by Crippen LogP contribution is -2.10. The van der Waals surface area contributed by atoms with E-state index in [-0.39, 0.29) is 12.5 Å². The van der Waals surface area contributed by atoms with E-state index in [1.54, 1.807) is 6.20 Å². The molecule has 1 atom stereocenters. The maximum atomic E-state index is 9.26. The molecule has 0 aliphatic carbocycles. The summed E-state index contributed by atoms with van der Waals surface area (Å²) in [6.07, 6.45) is 1.76. The molecule has 18 heavy (non-hydrogen) atoms. The van der Waals surface area contributed by atoms with Crippen LogP contribution in [0.3, 0.4) is 0 Å². The molecule has 0 saturated heterocycles. The van der Waals surface area contributed by atoms with Crippen molar-refractivity contribution in [2.24, 2.45) is 0 Å². The minimum Gasteiger partial charge on any atom is -0.492 e. The van der Waals surface area contributed by atoms with Crippen molar-refractivity contribution in [2.45, 2.75) is 19.4 Å². The topological polar surface area (TPSA) is 55.2 Å². The van der Waals surface area contributed by atoms with Gasteiger partial charge in [-0.2, -0.15) is 0 Å². The summed E-state index contributed by atoms with van der Waals surface area (Å²) in [5.41, 5.74) is 2.71. The van der Waals surface area contributed by atoms with Crippen molar-refractivity contribution in [3.05, 3.63) is 53.1 Å². The third kappa shape index (κ3) is 1.75. The van der Waals surface area contributed by atoms with Gasteiger partial charge in [-0.15, -0.1) is 0 Å². The Labute approximate surface area is 105 Å². The first kappa shape index (κ1) is 11.2. The van der Waals surface area contributed by atoms with Crippen molar-refractivity contribution in [2.75, 3.05) is 6.61 Å². The van der Waals surface area contributed by atoms with Crippen LogP contribution in [0.15, 0.2) is 30.5 Å². The van der Waals surface area contributed by atoms with Gasteiger partial charge in [0.05, 0.1) is 18.2 Å². The lowest BCUT2D eigenvalue weighted by Gasteiger charge is -2.09. The third-order valence-corrected chi connectivity index (χ3v) is 3.26. The Bertz CT molecular complexity index is 584. The molecule has 1 aliphatic rings. The van der Waals surface area contributed by atoms with Crippen LogP contribution in [0.4, 0.5) is 0 Å². The predicted octanol–water partition coefficient (Wildman–Crippen LogP) is 1.80. The monoisotopic (exact) mass is 242 g/mol. The maximum absolute atomic E-state index is 9.26. The summed E-state index contributed by atoms with van der Waals surface area (Å²) in [6.45, 7) is 2.40. The molecule has 1 aromatic carbocycles. The van der Waals surface area contributed by atoms with Crippen molar-refractivity contribution in [3.63, 3.8) is 0 Å². The SMILES string of the molecule is Cc1cnc(C2COc3ccccc32)nc1CO. The number of benzene rings is 1. The molecule has 1 aromatic heterocycles. The van der Waals surface area contributed by atoms with E-state index >= 15 is 0 Å². The van der Waals surface area contributed by atoms with Gasteiger partial charge in [0.2, 0.25) is 0 Å². The molecule has 0 spiro atoms. The van der Waals surface area contributed by atoms with Crippen molar-refractivity contribution >= 4 is 0 Å². The summed E-state index contributed by atoms with van der Waals surface area (Å²) >= 11 is 0. The smallest absolute Gasteiger partial charge is 0.139 e. The normalized spacial score (nSPS) is 17.3. The first-order valence-electron chi connectivity index (χ1n) is 5.94. The predicted molar refractivity (Wildman–Crippen MR) is 66.5 cm³/mol. The van der Waals surface area contributed by atoms with Gasteiger partial charge in [0.1, 0.15) is 18.2 Å². The number of ether oxygens (including phenoxy) is 1. The van der Waals surface area contributed by atoms with E-state index in [1.807, 2.05) is 31.2 Å². The zero-order valence-corrected chi connectivity index (χ0v) is 10.1. The van der Waals surface area contributed by atoms with Gasteiger partial charge in [0, 0.05) is 11.8 Å². The maximum Gasteiger partial charge on any atom is 0.139 e. The summed E-state index contributed by atoms with van der Waals surface area (Å²) in [6, 6.07) is 7.93. The van der Waals surface area contributed by atoms with Crippen LogP contribution in [0.1, 0.15) is 28.6 Å². The molecule has 0 bridgehead atoms. The number of aliphatic hydroxyl groups excluding tert-OH is 1. The number of fused-ring (bicyclic) bond motifs is 1. The summed E-state index contributed by atoms with van der Waals surface area (Å²) in [5.74, 6) is 1.68.